The molecule has 0 bridgehead atoms. The molecule has 4 nitrogen and oxygen atoms in total. The van der Waals surface area contributed by atoms with E-state index in [9.17, 15) is 10.3 Å². The number of rotatable bonds is 3. The van der Waals surface area contributed by atoms with Gasteiger partial charge in [-0.15, -0.1) is 0 Å². The predicted molar refractivity (Wildman–Crippen MR) is 43.6 cm³/mol. The molecule has 12 heavy (non-hydrogen) atoms. The molecule has 0 saturated heterocycles. The molecule has 1 aliphatic rings. The van der Waals surface area contributed by atoms with E-state index in [-0.39, 0.29) is 12.5 Å². The molecule has 0 amide bonds. The minimum Gasteiger partial charge on any atom is -0.624 e. The Labute approximate surface area is 71.3 Å². The molecular weight excluding hydrogens is 156 g/mol. The van der Waals surface area contributed by atoms with Gasteiger partial charge in [-0.2, -0.15) is 5.26 Å². The molecule has 1 rings (SSSR count). The van der Waals surface area contributed by atoms with Crippen LogP contribution in [0.2, 0.25) is 0 Å². The van der Waals surface area contributed by atoms with Crippen LogP contribution < -0.4 is 0 Å². The van der Waals surface area contributed by atoms with Gasteiger partial charge in [-0.05, 0) is 0 Å². The van der Waals surface area contributed by atoms with E-state index in [2.05, 4.69) is 0 Å². The monoisotopic (exact) mass is 168 g/mol. The summed E-state index contributed by atoms with van der Waals surface area (Å²) in [6, 6.07) is 1.76. The molecule has 0 aliphatic carbocycles. The van der Waals surface area contributed by atoms with E-state index in [1.54, 1.807) is 6.21 Å². The molecule has 0 aromatic heterocycles. The molecule has 1 aliphatic heterocycles. The van der Waals surface area contributed by atoms with Crippen LogP contribution in [0.1, 0.15) is 25.7 Å². The van der Waals surface area contributed by atoms with E-state index in [4.69, 9.17) is 5.26 Å². The minimum absolute atomic E-state index is 0.115. The summed E-state index contributed by atoms with van der Waals surface area (Å²) >= 11 is 0. The number of nitrogens with zero attached hydrogens (tertiary/aromatic N) is 2. The Morgan fingerprint density at radius 2 is 2.58 bits per heavy atom. The maximum atomic E-state index is 11.0. The van der Waals surface area contributed by atoms with E-state index in [1.807, 2.05) is 6.07 Å². The molecule has 1 N–H and O–H groups in total. The van der Waals surface area contributed by atoms with Gasteiger partial charge in [-0.25, -0.2) is 4.74 Å². The summed E-state index contributed by atoms with van der Waals surface area (Å²) in [5.74, 6) is 0. The molecule has 0 fully saturated rings. The van der Waals surface area contributed by atoms with Gasteiger partial charge in [-0.3, -0.25) is 0 Å². The van der Waals surface area contributed by atoms with E-state index < -0.39 is 6.10 Å². The average molecular weight is 168 g/mol. The van der Waals surface area contributed by atoms with Crippen LogP contribution in [-0.2, 0) is 0 Å². The highest BCUT2D eigenvalue weighted by atomic mass is 16.5. The molecule has 0 aromatic carbocycles. The lowest BCUT2D eigenvalue weighted by Gasteiger charge is -2.13. The molecule has 0 aromatic rings. The molecule has 66 valence electrons. The first-order valence-electron chi connectivity index (χ1n) is 4.08. The first-order chi connectivity index (χ1) is 5.74. The summed E-state index contributed by atoms with van der Waals surface area (Å²) in [6.45, 7) is 0. The Morgan fingerprint density at radius 3 is 3.08 bits per heavy atom. The highest BCUT2D eigenvalue weighted by Gasteiger charge is 2.24. The van der Waals surface area contributed by atoms with Crippen molar-refractivity contribution in [3.63, 3.8) is 0 Å². The van der Waals surface area contributed by atoms with E-state index in [0.717, 1.165) is 17.6 Å². The van der Waals surface area contributed by atoms with Crippen LogP contribution in [0.25, 0.3) is 0 Å². The highest BCUT2D eigenvalue weighted by molar-refractivity contribution is 5.52. The van der Waals surface area contributed by atoms with Crippen molar-refractivity contribution >= 4 is 6.21 Å². The van der Waals surface area contributed by atoms with Crippen molar-refractivity contribution in [2.75, 3.05) is 0 Å². The first-order valence-corrected chi connectivity index (χ1v) is 4.08. The first kappa shape index (κ1) is 9.01. The fourth-order valence-corrected chi connectivity index (χ4v) is 1.39. The van der Waals surface area contributed by atoms with Gasteiger partial charge < -0.3 is 10.3 Å². The van der Waals surface area contributed by atoms with Crippen molar-refractivity contribution in [3.05, 3.63) is 5.21 Å². The number of aliphatic hydroxyl groups is 1. The zero-order chi connectivity index (χ0) is 8.97. The number of aliphatic hydroxyl groups excluding tert-OH is 1. The lowest BCUT2D eigenvalue weighted by molar-refractivity contribution is -0.491. The van der Waals surface area contributed by atoms with E-state index in [0.29, 0.717) is 6.42 Å². The molecule has 2 atom stereocenters. The zero-order valence-corrected chi connectivity index (χ0v) is 6.81. The second-order valence-corrected chi connectivity index (χ2v) is 3.03. The normalized spacial score (nSPS) is 24.7. The van der Waals surface area contributed by atoms with Gasteiger partial charge in [0.05, 0.1) is 18.6 Å². The summed E-state index contributed by atoms with van der Waals surface area (Å²) in [4.78, 5) is 0. The summed E-state index contributed by atoms with van der Waals surface area (Å²) < 4.78 is 0.889. The summed E-state index contributed by atoms with van der Waals surface area (Å²) in [7, 11) is 0. The van der Waals surface area contributed by atoms with Crippen molar-refractivity contribution in [2.24, 2.45) is 0 Å². The van der Waals surface area contributed by atoms with Crippen molar-refractivity contribution in [1.29, 1.82) is 5.26 Å². The minimum atomic E-state index is -0.650. The van der Waals surface area contributed by atoms with Crippen LogP contribution in [0, 0.1) is 16.5 Å². The molecule has 4 heteroatoms. The topological polar surface area (TPSA) is 70.1 Å². The van der Waals surface area contributed by atoms with Gasteiger partial charge in [0, 0.05) is 19.3 Å². The maximum absolute atomic E-state index is 11.0. The van der Waals surface area contributed by atoms with E-state index >= 15 is 0 Å². The SMILES string of the molecule is N#CCC(O)CC1CCC=[N+]1[O-]. The van der Waals surface area contributed by atoms with Gasteiger partial charge in [0.1, 0.15) is 0 Å². The molecule has 2 unspecified atom stereocenters. The van der Waals surface area contributed by atoms with Crippen molar-refractivity contribution in [3.8, 4) is 6.07 Å². The Bertz CT molecular complexity index is 220. The second kappa shape index (κ2) is 4.07. The number of hydrogen-bond donors (Lipinski definition) is 1. The average Bonchev–Trinajstić information content (AvgIpc) is 2.37. The van der Waals surface area contributed by atoms with Crippen molar-refractivity contribution in [2.45, 2.75) is 37.8 Å². The summed E-state index contributed by atoms with van der Waals surface area (Å²) in [6.07, 6.45) is 3.05. The Morgan fingerprint density at radius 1 is 1.83 bits per heavy atom. The molecule has 0 saturated carbocycles. The van der Waals surface area contributed by atoms with Gasteiger partial charge in [0.15, 0.2) is 12.3 Å². The van der Waals surface area contributed by atoms with Crippen LogP contribution in [0.3, 0.4) is 0 Å². The fourth-order valence-electron chi connectivity index (χ4n) is 1.39. The number of hydroxylamine groups is 1. The molecule has 0 spiro atoms. The Balaban J connectivity index is 2.32. The maximum Gasteiger partial charge on any atom is 0.165 e. The lowest BCUT2D eigenvalue weighted by Crippen LogP contribution is -2.22. The van der Waals surface area contributed by atoms with Crippen LogP contribution in [0.4, 0.5) is 0 Å². The van der Waals surface area contributed by atoms with Gasteiger partial charge in [-0.1, -0.05) is 0 Å². The third kappa shape index (κ3) is 2.21. The highest BCUT2D eigenvalue weighted by Crippen LogP contribution is 2.14. The quantitative estimate of drug-likeness (QED) is 0.489. The van der Waals surface area contributed by atoms with Crippen LogP contribution in [-0.4, -0.2) is 28.2 Å². The number of nitriles is 1. The summed E-state index contributed by atoms with van der Waals surface area (Å²) in [5.41, 5.74) is 0. The summed E-state index contributed by atoms with van der Waals surface area (Å²) in [5, 5.41) is 28.5. The fraction of sp³-hybridized carbons (Fsp3) is 0.750. The zero-order valence-electron chi connectivity index (χ0n) is 6.81. The van der Waals surface area contributed by atoms with Gasteiger partial charge in [0.2, 0.25) is 0 Å². The van der Waals surface area contributed by atoms with E-state index in [1.165, 1.54) is 0 Å². The van der Waals surface area contributed by atoms with Crippen LogP contribution in [0.5, 0.6) is 0 Å². The largest absolute Gasteiger partial charge is 0.624 e. The van der Waals surface area contributed by atoms with Crippen molar-refractivity contribution < 1.29 is 9.85 Å². The van der Waals surface area contributed by atoms with Crippen molar-refractivity contribution in [1.82, 2.24) is 0 Å². The number of hydrogen-bond acceptors (Lipinski definition) is 3. The van der Waals surface area contributed by atoms with Crippen LogP contribution >= 0.6 is 0 Å². The lowest BCUT2D eigenvalue weighted by atomic mass is 10.1. The standard InChI is InChI=1S/C8H12N2O2/c9-4-3-8(11)6-7-2-1-5-10(7)12/h5,7-8,11H,1-3,6H2. The molecular formula is C8H12N2O2. The van der Waals surface area contributed by atoms with Crippen LogP contribution in [0.15, 0.2) is 0 Å². The Kier molecular flexibility index (Phi) is 3.06. The second-order valence-electron chi connectivity index (χ2n) is 3.03. The smallest absolute Gasteiger partial charge is 0.165 e. The third-order valence-corrected chi connectivity index (χ3v) is 2.04. The predicted octanol–water partition coefficient (Wildman–Crippen LogP) is 0.395. The third-order valence-electron chi connectivity index (χ3n) is 2.04. The van der Waals surface area contributed by atoms with Gasteiger partial charge in [0.25, 0.3) is 0 Å². The molecule has 0 radical (unpaired) electrons. The molecule has 1 heterocycles. The van der Waals surface area contributed by atoms with Gasteiger partial charge >= 0.3 is 0 Å². The Hall–Kier alpha value is -1.08.